The Morgan fingerprint density at radius 1 is 1.17 bits per heavy atom. The summed E-state index contributed by atoms with van der Waals surface area (Å²) in [5.41, 5.74) is -2.61. The number of aromatic nitrogens is 2. The molecule has 0 unspecified atom stereocenters. The highest BCUT2D eigenvalue weighted by molar-refractivity contribution is 7.16. The highest BCUT2D eigenvalue weighted by Gasteiger charge is 2.30. The molecular weight excluding hydrogens is 526 g/mol. The number of ether oxygens (including phenoxy) is 1. The van der Waals surface area contributed by atoms with Crippen molar-refractivity contribution < 1.29 is 31.9 Å². The van der Waals surface area contributed by atoms with Crippen LogP contribution in [0.4, 0.5) is 22.6 Å². The molecule has 0 saturated carbocycles. The Kier molecular flexibility index (Phi) is 6.83. The quantitative estimate of drug-likeness (QED) is 0.260. The van der Waals surface area contributed by atoms with Gasteiger partial charge in [0, 0.05) is 10.8 Å². The number of rotatable bonds is 5. The Balaban J connectivity index is 1.88. The minimum absolute atomic E-state index is 0.0130. The van der Waals surface area contributed by atoms with Crippen molar-refractivity contribution >= 4 is 50.6 Å². The molecule has 0 fully saturated rings. The van der Waals surface area contributed by atoms with Crippen LogP contribution in [0, 0.1) is 5.82 Å². The average molecular weight is 540 g/mol. The van der Waals surface area contributed by atoms with Gasteiger partial charge in [-0.05, 0) is 43.3 Å². The number of halogens is 5. The van der Waals surface area contributed by atoms with Gasteiger partial charge in [0.15, 0.2) is 5.69 Å². The minimum atomic E-state index is -4.60. The lowest BCUT2D eigenvalue weighted by Crippen LogP contribution is -2.26. The van der Waals surface area contributed by atoms with Gasteiger partial charge in [-0.2, -0.15) is 23.0 Å². The highest BCUT2D eigenvalue weighted by atomic mass is 35.5. The Hall–Kier alpha value is -3.77. The van der Waals surface area contributed by atoms with Crippen LogP contribution in [-0.4, -0.2) is 28.3 Å². The molecule has 2 aromatic heterocycles. The van der Waals surface area contributed by atoms with E-state index in [9.17, 15) is 31.9 Å². The van der Waals surface area contributed by atoms with Crippen molar-refractivity contribution in [3.05, 3.63) is 85.9 Å². The predicted molar refractivity (Wildman–Crippen MR) is 126 cm³/mol. The van der Waals surface area contributed by atoms with Gasteiger partial charge >= 0.3 is 12.1 Å². The third-order valence-electron chi connectivity index (χ3n) is 4.98. The third-order valence-corrected chi connectivity index (χ3v) is 6.19. The zero-order chi connectivity index (χ0) is 26.2. The van der Waals surface area contributed by atoms with E-state index in [1.54, 1.807) is 6.92 Å². The first-order valence-electron chi connectivity index (χ1n) is 10.2. The number of esters is 1. The molecule has 13 heteroatoms. The number of anilines is 1. The minimum Gasteiger partial charge on any atom is -0.461 e. The van der Waals surface area contributed by atoms with Gasteiger partial charge in [0.25, 0.3) is 11.5 Å². The van der Waals surface area contributed by atoms with Crippen molar-refractivity contribution in [1.29, 1.82) is 0 Å². The van der Waals surface area contributed by atoms with Gasteiger partial charge in [0.05, 0.1) is 33.8 Å². The van der Waals surface area contributed by atoms with Crippen LogP contribution in [0.5, 0.6) is 0 Å². The summed E-state index contributed by atoms with van der Waals surface area (Å²) in [6.45, 7) is 1.54. The van der Waals surface area contributed by atoms with Gasteiger partial charge in [0.1, 0.15) is 10.8 Å². The molecule has 4 aromatic rings. The summed E-state index contributed by atoms with van der Waals surface area (Å²) in [5, 5.41) is 7.49. The van der Waals surface area contributed by atoms with E-state index in [1.165, 1.54) is 17.5 Å². The summed E-state index contributed by atoms with van der Waals surface area (Å²) in [6.07, 6.45) is -4.60. The van der Waals surface area contributed by atoms with E-state index < -0.39 is 40.6 Å². The van der Waals surface area contributed by atoms with Gasteiger partial charge in [-0.1, -0.05) is 17.7 Å². The normalized spacial score (nSPS) is 11.5. The monoisotopic (exact) mass is 539 g/mol. The molecular formula is C23H14ClF4N3O4S. The second-order valence-electron chi connectivity index (χ2n) is 7.23. The van der Waals surface area contributed by atoms with Gasteiger partial charge < -0.3 is 10.1 Å². The molecule has 2 aromatic carbocycles. The Bertz CT molecular complexity index is 1530. The molecule has 0 atom stereocenters. The van der Waals surface area contributed by atoms with Crippen molar-refractivity contribution in [3.8, 4) is 5.69 Å². The van der Waals surface area contributed by atoms with E-state index in [0.717, 1.165) is 46.4 Å². The van der Waals surface area contributed by atoms with Crippen LogP contribution in [-0.2, 0) is 10.9 Å². The van der Waals surface area contributed by atoms with E-state index in [4.69, 9.17) is 16.3 Å². The fraction of sp³-hybridized carbons (Fsp3) is 0.130. The molecule has 0 spiro atoms. The Morgan fingerprint density at radius 3 is 2.47 bits per heavy atom. The average Bonchev–Trinajstić information content (AvgIpc) is 3.23. The number of nitrogens with zero attached hydrogens (tertiary/aromatic N) is 2. The van der Waals surface area contributed by atoms with Gasteiger partial charge in [-0.15, -0.1) is 11.3 Å². The topological polar surface area (TPSA) is 90.3 Å². The van der Waals surface area contributed by atoms with Crippen LogP contribution in [0.15, 0.2) is 52.6 Å². The lowest BCUT2D eigenvalue weighted by Gasteiger charge is -2.11. The molecule has 0 aliphatic carbocycles. The van der Waals surface area contributed by atoms with Crippen LogP contribution in [0.1, 0.15) is 33.3 Å². The second-order valence-corrected chi connectivity index (χ2v) is 8.52. The number of carbonyl (C=O) groups is 2. The van der Waals surface area contributed by atoms with Gasteiger partial charge in [-0.25, -0.2) is 9.18 Å². The molecule has 7 nitrogen and oxygen atoms in total. The third kappa shape index (κ3) is 4.69. The lowest BCUT2D eigenvalue weighted by molar-refractivity contribution is -0.137. The first-order valence-corrected chi connectivity index (χ1v) is 11.4. The van der Waals surface area contributed by atoms with E-state index in [1.807, 2.05) is 0 Å². The molecule has 0 bridgehead atoms. The molecule has 186 valence electrons. The van der Waals surface area contributed by atoms with Crippen LogP contribution in [0.25, 0.3) is 16.5 Å². The van der Waals surface area contributed by atoms with Crippen LogP contribution >= 0.6 is 22.9 Å². The lowest BCUT2D eigenvalue weighted by atomic mass is 10.1. The van der Waals surface area contributed by atoms with E-state index >= 15 is 0 Å². The summed E-state index contributed by atoms with van der Waals surface area (Å²) >= 11 is 6.81. The summed E-state index contributed by atoms with van der Waals surface area (Å²) < 4.78 is 58.9. The Morgan fingerprint density at radius 2 is 1.86 bits per heavy atom. The first-order chi connectivity index (χ1) is 17.0. The molecule has 2 heterocycles. The summed E-state index contributed by atoms with van der Waals surface area (Å²) in [4.78, 5) is 38.7. The highest BCUT2D eigenvalue weighted by Crippen LogP contribution is 2.33. The second kappa shape index (κ2) is 9.70. The number of fused-ring (bicyclic) bond motifs is 1. The molecule has 1 N–H and O–H groups in total. The molecule has 0 radical (unpaired) electrons. The molecule has 0 saturated heterocycles. The van der Waals surface area contributed by atoms with Crippen molar-refractivity contribution in [2.75, 3.05) is 11.9 Å². The molecule has 0 aliphatic rings. The summed E-state index contributed by atoms with van der Waals surface area (Å²) in [5.74, 6) is -2.73. The SMILES string of the molecule is CCOC(=O)c1nn(-c2ccc(C(F)(F)F)cc2)c(=O)c2c(NC(=O)c3c(F)cccc3Cl)scc12. The molecule has 4 rings (SSSR count). The maximum Gasteiger partial charge on any atom is 0.416 e. The van der Waals surface area contributed by atoms with E-state index in [2.05, 4.69) is 10.4 Å². The zero-order valence-corrected chi connectivity index (χ0v) is 19.7. The fourth-order valence-electron chi connectivity index (χ4n) is 3.34. The van der Waals surface area contributed by atoms with Crippen molar-refractivity contribution in [2.45, 2.75) is 13.1 Å². The van der Waals surface area contributed by atoms with Gasteiger partial charge in [-0.3, -0.25) is 9.59 Å². The number of carbonyl (C=O) groups excluding carboxylic acids is 2. The number of thiophene rings is 1. The number of hydrogen-bond donors (Lipinski definition) is 1. The fourth-order valence-corrected chi connectivity index (χ4v) is 4.52. The standard InChI is InChI=1S/C23H14ClF4N3O4S/c1-2-35-22(34)18-13-10-36-20(29-19(32)17-14(24)4-3-5-15(17)25)16(13)21(33)31(30-18)12-8-6-11(7-9-12)23(26,27)28/h3-10H,2H2,1H3,(H,29,32). The van der Waals surface area contributed by atoms with Crippen LogP contribution in [0.2, 0.25) is 5.02 Å². The van der Waals surface area contributed by atoms with Crippen molar-refractivity contribution in [1.82, 2.24) is 9.78 Å². The van der Waals surface area contributed by atoms with Gasteiger partial charge in [0.2, 0.25) is 0 Å². The van der Waals surface area contributed by atoms with Crippen LogP contribution < -0.4 is 10.9 Å². The maximum absolute atomic E-state index is 14.2. The van der Waals surface area contributed by atoms with E-state index in [0.29, 0.717) is 0 Å². The Labute approximate surface area is 208 Å². The van der Waals surface area contributed by atoms with Crippen molar-refractivity contribution in [2.24, 2.45) is 0 Å². The predicted octanol–water partition coefficient (Wildman–Crippen LogP) is 5.69. The maximum atomic E-state index is 14.2. The smallest absolute Gasteiger partial charge is 0.416 e. The number of amides is 1. The first kappa shape index (κ1) is 25.3. The molecule has 1 amide bonds. The van der Waals surface area contributed by atoms with E-state index in [-0.39, 0.29) is 38.8 Å². The number of alkyl halides is 3. The number of benzene rings is 2. The number of nitrogens with one attached hydrogen (secondary N) is 1. The molecule has 0 aliphatic heterocycles. The zero-order valence-electron chi connectivity index (χ0n) is 18.2. The van der Waals surface area contributed by atoms with Crippen molar-refractivity contribution in [3.63, 3.8) is 0 Å². The largest absolute Gasteiger partial charge is 0.461 e. The summed E-state index contributed by atoms with van der Waals surface area (Å²) in [7, 11) is 0. The number of hydrogen-bond acceptors (Lipinski definition) is 6. The molecule has 36 heavy (non-hydrogen) atoms. The van der Waals surface area contributed by atoms with Crippen LogP contribution in [0.3, 0.4) is 0 Å². The summed E-state index contributed by atoms with van der Waals surface area (Å²) in [6, 6.07) is 7.21.